The molecule has 0 spiro atoms. The summed E-state index contributed by atoms with van der Waals surface area (Å²) in [6.07, 6.45) is 2.47. The maximum absolute atomic E-state index is 5.97. The Labute approximate surface area is 124 Å². The van der Waals surface area contributed by atoms with Gasteiger partial charge in [-0.15, -0.1) is 5.10 Å². The standard InChI is InChI=1S/C15H21N5O/c1-10(2)15(7-8-15)9-20-14(17-18-19-20)11-5-4-6-12(16)13(11)21-3/h4-6,10H,7-9,16H2,1-3H3. The first kappa shape index (κ1) is 13.9. The van der Waals surface area contributed by atoms with Crippen LogP contribution in [0.4, 0.5) is 5.69 Å². The number of rotatable bonds is 5. The summed E-state index contributed by atoms with van der Waals surface area (Å²) in [5.74, 6) is 1.96. The van der Waals surface area contributed by atoms with Crippen molar-refractivity contribution in [2.24, 2.45) is 11.3 Å². The van der Waals surface area contributed by atoms with Crippen molar-refractivity contribution in [2.45, 2.75) is 33.2 Å². The first-order valence-corrected chi connectivity index (χ1v) is 7.26. The molecule has 6 nitrogen and oxygen atoms in total. The Balaban J connectivity index is 1.98. The van der Waals surface area contributed by atoms with Crippen LogP contribution in [0.5, 0.6) is 5.75 Å². The normalized spacial score (nSPS) is 16.2. The molecule has 1 heterocycles. The predicted molar refractivity (Wildman–Crippen MR) is 80.7 cm³/mol. The molecule has 2 N–H and O–H groups in total. The monoisotopic (exact) mass is 287 g/mol. The van der Waals surface area contributed by atoms with Gasteiger partial charge in [0, 0.05) is 0 Å². The summed E-state index contributed by atoms with van der Waals surface area (Å²) >= 11 is 0. The number of aromatic nitrogens is 4. The minimum absolute atomic E-state index is 0.331. The van der Waals surface area contributed by atoms with E-state index in [1.54, 1.807) is 7.11 Å². The molecule has 3 rings (SSSR count). The third-order valence-electron chi connectivity index (χ3n) is 4.60. The molecular formula is C15H21N5O. The maximum atomic E-state index is 5.97. The number of tetrazole rings is 1. The van der Waals surface area contributed by atoms with Crippen LogP contribution < -0.4 is 10.5 Å². The lowest BCUT2D eigenvalue weighted by atomic mass is 9.92. The van der Waals surface area contributed by atoms with E-state index in [9.17, 15) is 0 Å². The number of benzene rings is 1. The van der Waals surface area contributed by atoms with Gasteiger partial charge >= 0.3 is 0 Å². The highest BCUT2D eigenvalue weighted by Crippen LogP contribution is 2.53. The summed E-state index contributed by atoms with van der Waals surface area (Å²) in [6, 6.07) is 5.64. The van der Waals surface area contributed by atoms with Gasteiger partial charge in [-0.1, -0.05) is 19.9 Å². The Kier molecular flexibility index (Phi) is 3.31. The number of hydrogen-bond donors (Lipinski definition) is 1. The van der Waals surface area contributed by atoms with Crippen molar-refractivity contribution in [3.05, 3.63) is 18.2 Å². The fourth-order valence-corrected chi connectivity index (χ4v) is 2.84. The number of nitrogen functional groups attached to an aromatic ring is 1. The molecule has 2 aromatic rings. The smallest absolute Gasteiger partial charge is 0.185 e. The summed E-state index contributed by atoms with van der Waals surface area (Å²) < 4.78 is 7.29. The molecule has 0 atom stereocenters. The topological polar surface area (TPSA) is 78.8 Å². The van der Waals surface area contributed by atoms with Gasteiger partial charge in [-0.2, -0.15) is 0 Å². The average Bonchev–Trinajstić information content (AvgIpc) is 3.10. The third-order valence-corrected chi connectivity index (χ3v) is 4.60. The maximum Gasteiger partial charge on any atom is 0.185 e. The first-order chi connectivity index (χ1) is 10.1. The van der Waals surface area contributed by atoms with E-state index >= 15 is 0 Å². The van der Waals surface area contributed by atoms with E-state index in [4.69, 9.17) is 10.5 Å². The Morgan fingerprint density at radius 1 is 1.38 bits per heavy atom. The molecule has 1 fully saturated rings. The van der Waals surface area contributed by atoms with E-state index in [-0.39, 0.29) is 0 Å². The van der Waals surface area contributed by atoms with Gasteiger partial charge in [0.2, 0.25) is 0 Å². The van der Waals surface area contributed by atoms with Gasteiger partial charge in [0.1, 0.15) is 0 Å². The minimum atomic E-state index is 0.331. The lowest BCUT2D eigenvalue weighted by Gasteiger charge is -2.20. The third kappa shape index (κ3) is 2.34. The van der Waals surface area contributed by atoms with Gasteiger partial charge in [0.25, 0.3) is 0 Å². The molecule has 1 aliphatic rings. The Morgan fingerprint density at radius 3 is 2.76 bits per heavy atom. The van der Waals surface area contributed by atoms with E-state index in [2.05, 4.69) is 29.4 Å². The van der Waals surface area contributed by atoms with Crippen molar-refractivity contribution in [1.82, 2.24) is 20.2 Å². The van der Waals surface area contributed by atoms with Crippen molar-refractivity contribution in [3.8, 4) is 17.1 Å². The number of para-hydroxylation sites is 1. The molecular weight excluding hydrogens is 266 g/mol. The van der Waals surface area contributed by atoms with E-state index in [1.807, 2.05) is 22.9 Å². The van der Waals surface area contributed by atoms with Crippen molar-refractivity contribution in [1.29, 1.82) is 0 Å². The van der Waals surface area contributed by atoms with Gasteiger partial charge in [-0.05, 0) is 46.7 Å². The van der Waals surface area contributed by atoms with Gasteiger partial charge in [0.05, 0.1) is 24.9 Å². The van der Waals surface area contributed by atoms with Crippen LogP contribution in [0, 0.1) is 11.3 Å². The molecule has 1 aliphatic carbocycles. The predicted octanol–water partition coefficient (Wildman–Crippen LogP) is 2.37. The highest BCUT2D eigenvalue weighted by Gasteiger charge is 2.46. The zero-order chi connectivity index (χ0) is 15.0. The average molecular weight is 287 g/mol. The van der Waals surface area contributed by atoms with Crippen molar-refractivity contribution in [3.63, 3.8) is 0 Å². The molecule has 1 saturated carbocycles. The molecule has 0 saturated heterocycles. The molecule has 1 aromatic heterocycles. The number of nitrogens with zero attached hydrogens (tertiary/aromatic N) is 4. The summed E-state index contributed by atoms with van der Waals surface area (Å²) in [7, 11) is 1.61. The quantitative estimate of drug-likeness (QED) is 0.854. The fourth-order valence-electron chi connectivity index (χ4n) is 2.84. The second-order valence-electron chi connectivity index (χ2n) is 6.11. The van der Waals surface area contributed by atoms with E-state index < -0.39 is 0 Å². The van der Waals surface area contributed by atoms with E-state index in [0.717, 1.165) is 12.1 Å². The second-order valence-corrected chi connectivity index (χ2v) is 6.11. The van der Waals surface area contributed by atoms with Crippen molar-refractivity contribution < 1.29 is 4.74 Å². The van der Waals surface area contributed by atoms with Crippen LogP contribution >= 0.6 is 0 Å². The summed E-state index contributed by atoms with van der Waals surface area (Å²) in [5, 5.41) is 12.2. The number of ether oxygens (including phenoxy) is 1. The second kappa shape index (κ2) is 5.02. The highest BCUT2D eigenvalue weighted by atomic mass is 16.5. The van der Waals surface area contributed by atoms with Crippen LogP contribution in [-0.2, 0) is 6.54 Å². The van der Waals surface area contributed by atoms with Gasteiger partial charge in [-0.25, -0.2) is 4.68 Å². The minimum Gasteiger partial charge on any atom is -0.494 e. The van der Waals surface area contributed by atoms with E-state index in [1.165, 1.54) is 12.8 Å². The van der Waals surface area contributed by atoms with Gasteiger partial charge < -0.3 is 10.5 Å². The zero-order valence-corrected chi connectivity index (χ0v) is 12.7. The molecule has 1 aromatic carbocycles. The molecule has 0 bridgehead atoms. The van der Waals surface area contributed by atoms with Gasteiger partial charge in [-0.3, -0.25) is 0 Å². The molecule has 6 heteroatoms. The Hall–Kier alpha value is -2.11. The fraction of sp³-hybridized carbons (Fsp3) is 0.533. The van der Waals surface area contributed by atoms with Crippen molar-refractivity contribution >= 4 is 5.69 Å². The lowest BCUT2D eigenvalue weighted by molar-refractivity contribution is 0.294. The Morgan fingerprint density at radius 2 is 2.14 bits per heavy atom. The van der Waals surface area contributed by atoms with Crippen LogP contribution in [0.2, 0.25) is 0 Å². The summed E-state index contributed by atoms with van der Waals surface area (Å²) in [5.41, 5.74) is 7.73. The van der Waals surface area contributed by atoms with Crippen LogP contribution in [0.25, 0.3) is 11.4 Å². The molecule has 0 aliphatic heterocycles. The van der Waals surface area contributed by atoms with Gasteiger partial charge in [0.15, 0.2) is 11.6 Å². The van der Waals surface area contributed by atoms with Crippen LogP contribution in [0.3, 0.4) is 0 Å². The summed E-state index contributed by atoms with van der Waals surface area (Å²) in [6.45, 7) is 5.36. The van der Waals surface area contributed by atoms with E-state index in [0.29, 0.717) is 28.6 Å². The zero-order valence-electron chi connectivity index (χ0n) is 12.7. The molecule has 0 unspecified atom stereocenters. The highest BCUT2D eigenvalue weighted by molar-refractivity contribution is 5.73. The van der Waals surface area contributed by atoms with Crippen LogP contribution in [0.15, 0.2) is 18.2 Å². The molecule has 0 radical (unpaired) electrons. The SMILES string of the molecule is COc1c(N)cccc1-c1nnnn1CC1(C(C)C)CC1. The summed E-state index contributed by atoms with van der Waals surface area (Å²) in [4.78, 5) is 0. The lowest BCUT2D eigenvalue weighted by Crippen LogP contribution is -2.19. The van der Waals surface area contributed by atoms with Crippen molar-refractivity contribution in [2.75, 3.05) is 12.8 Å². The Bertz CT molecular complexity index is 645. The number of anilines is 1. The number of methoxy groups -OCH3 is 1. The number of hydrogen-bond acceptors (Lipinski definition) is 5. The first-order valence-electron chi connectivity index (χ1n) is 7.26. The van der Waals surface area contributed by atoms with Crippen LogP contribution in [-0.4, -0.2) is 27.3 Å². The number of nitrogens with two attached hydrogens (primary N) is 1. The van der Waals surface area contributed by atoms with Crippen LogP contribution in [0.1, 0.15) is 26.7 Å². The molecule has 0 amide bonds. The largest absolute Gasteiger partial charge is 0.494 e. The molecule has 21 heavy (non-hydrogen) atoms. The molecule has 112 valence electrons.